The van der Waals surface area contributed by atoms with Crippen molar-refractivity contribution in [3.63, 3.8) is 0 Å². The lowest BCUT2D eigenvalue weighted by molar-refractivity contribution is -0.196. The molecule has 0 radical (unpaired) electrons. The van der Waals surface area contributed by atoms with Gasteiger partial charge in [0.25, 0.3) is 11.8 Å². The summed E-state index contributed by atoms with van der Waals surface area (Å²) in [6, 6.07) is 0. The number of rotatable bonds is 6. The lowest BCUT2D eigenvalue weighted by atomic mass is 9.68. The van der Waals surface area contributed by atoms with Crippen molar-refractivity contribution in [3.8, 4) is 0 Å². The summed E-state index contributed by atoms with van der Waals surface area (Å²) in [6.45, 7) is 1.26. The van der Waals surface area contributed by atoms with Gasteiger partial charge in [-0.05, 0) is 19.8 Å². The van der Waals surface area contributed by atoms with Crippen LogP contribution in [0.1, 0.15) is 39.0 Å². The molecule has 1 heterocycles. The lowest BCUT2D eigenvalue weighted by Crippen LogP contribution is -2.53. The summed E-state index contributed by atoms with van der Waals surface area (Å²) in [5, 5.41) is 2.71. The molecule has 126 valence electrons. The molecule has 1 N–H and O–H groups in total. The van der Waals surface area contributed by atoms with Crippen LogP contribution < -0.4 is 5.32 Å². The third kappa shape index (κ3) is 3.33. The number of esters is 1. The highest BCUT2D eigenvalue weighted by Gasteiger charge is 2.52. The van der Waals surface area contributed by atoms with E-state index in [1.807, 2.05) is 0 Å². The van der Waals surface area contributed by atoms with Gasteiger partial charge in [-0.15, -0.1) is 5.06 Å². The number of imide groups is 1. The summed E-state index contributed by atoms with van der Waals surface area (Å²) in [5.74, 6) is -3.38. The topological polar surface area (TPSA) is 119 Å². The average molecular weight is 326 g/mol. The van der Waals surface area contributed by atoms with E-state index in [2.05, 4.69) is 10.2 Å². The Morgan fingerprint density at radius 3 is 2.26 bits per heavy atom. The minimum absolute atomic E-state index is 0.00948. The van der Waals surface area contributed by atoms with Crippen molar-refractivity contribution in [2.75, 3.05) is 13.2 Å². The minimum atomic E-state index is -1.25. The quantitative estimate of drug-likeness (QED) is 0.395. The molecule has 0 bridgehead atoms. The van der Waals surface area contributed by atoms with Gasteiger partial charge in [0.15, 0.2) is 0 Å². The molecule has 1 aliphatic heterocycles. The Balaban J connectivity index is 1.86. The van der Waals surface area contributed by atoms with E-state index in [0.29, 0.717) is 24.3 Å². The molecule has 9 heteroatoms. The summed E-state index contributed by atoms with van der Waals surface area (Å²) in [4.78, 5) is 62.9. The van der Waals surface area contributed by atoms with Crippen LogP contribution in [0, 0.1) is 5.41 Å². The molecule has 0 unspecified atom stereocenters. The van der Waals surface area contributed by atoms with Crippen LogP contribution in [0.4, 0.5) is 0 Å². The smallest absolute Gasteiger partial charge is 0.352 e. The van der Waals surface area contributed by atoms with Gasteiger partial charge in [-0.1, -0.05) is 6.42 Å². The molecule has 2 fully saturated rings. The Hall–Kier alpha value is -2.45. The summed E-state index contributed by atoms with van der Waals surface area (Å²) in [7, 11) is 0. The summed E-state index contributed by atoms with van der Waals surface area (Å²) in [5.41, 5.74) is -1.25. The van der Waals surface area contributed by atoms with Gasteiger partial charge in [0, 0.05) is 12.8 Å². The van der Waals surface area contributed by atoms with Gasteiger partial charge in [0.05, 0.1) is 6.61 Å². The molecule has 0 aromatic carbocycles. The van der Waals surface area contributed by atoms with Crippen molar-refractivity contribution < 1.29 is 33.5 Å². The zero-order valence-corrected chi connectivity index (χ0v) is 12.8. The lowest BCUT2D eigenvalue weighted by Gasteiger charge is -2.37. The number of carbonyl (C=O) groups is 5. The van der Waals surface area contributed by atoms with Crippen LogP contribution in [0.5, 0.6) is 0 Å². The minimum Gasteiger partial charge on any atom is -0.465 e. The molecule has 0 spiro atoms. The van der Waals surface area contributed by atoms with Gasteiger partial charge >= 0.3 is 11.9 Å². The van der Waals surface area contributed by atoms with Crippen LogP contribution in [0.2, 0.25) is 0 Å². The first-order chi connectivity index (χ1) is 10.9. The predicted octanol–water partition coefficient (Wildman–Crippen LogP) is -0.557. The van der Waals surface area contributed by atoms with Gasteiger partial charge in [0.1, 0.15) is 12.0 Å². The van der Waals surface area contributed by atoms with Gasteiger partial charge in [0.2, 0.25) is 5.91 Å². The molecule has 0 atom stereocenters. The first-order valence-corrected chi connectivity index (χ1v) is 7.43. The fourth-order valence-electron chi connectivity index (χ4n) is 2.44. The Morgan fingerprint density at radius 2 is 1.78 bits per heavy atom. The average Bonchev–Trinajstić information content (AvgIpc) is 2.76. The molecule has 1 saturated carbocycles. The van der Waals surface area contributed by atoms with Crippen LogP contribution in [0.15, 0.2) is 0 Å². The van der Waals surface area contributed by atoms with E-state index < -0.39 is 41.6 Å². The van der Waals surface area contributed by atoms with Gasteiger partial charge < -0.3 is 14.9 Å². The van der Waals surface area contributed by atoms with E-state index in [0.717, 1.165) is 0 Å². The summed E-state index contributed by atoms with van der Waals surface area (Å²) >= 11 is 0. The highest BCUT2D eigenvalue weighted by molar-refractivity contribution is 6.04. The van der Waals surface area contributed by atoms with Crippen molar-refractivity contribution in [1.82, 2.24) is 10.4 Å². The van der Waals surface area contributed by atoms with E-state index in [1.54, 1.807) is 6.92 Å². The van der Waals surface area contributed by atoms with Crippen molar-refractivity contribution in [2.45, 2.75) is 39.0 Å². The Bertz CT molecular complexity index is 537. The van der Waals surface area contributed by atoms with Crippen molar-refractivity contribution >= 4 is 29.7 Å². The zero-order valence-electron chi connectivity index (χ0n) is 12.8. The molecule has 1 saturated heterocycles. The first kappa shape index (κ1) is 16.9. The second-order valence-corrected chi connectivity index (χ2v) is 5.38. The Kier molecular flexibility index (Phi) is 4.97. The van der Waals surface area contributed by atoms with Crippen LogP contribution >= 0.6 is 0 Å². The number of hydrogen-bond donors (Lipinski definition) is 1. The predicted molar refractivity (Wildman–Crippen MR) is 73.1 cm³/mol. The second kappa shape index (κ2) is 6.76. The van der Waals surface area contributed by atoms with E-state index in [1.165, 1.54) is 0 Å². The van der Waals surface area contributed by atoms with Crippen LogP contribution in [0.3, 0.4) is 0 Å². The molecule has 3 amide bonds. The number of hydroxylamine groups is 2. The highest BCUT2D eigenvalue weighted by Crippen LogP contribution is 2.42. The van der Waals surface area contributed by atoms with E-state index in [9.17, 15) is 24.0 Å². The van der Waals surface area contributed by atoms with Gasteiger partial charge in [-0.25, -0.2) is 4.79 Å². The van der Waals surface area contributed by atoms with Crippen molar-refractivity contribution in [2.24, 2.45) is 5.41 Å². The summed E-state index contributed by atoms with van der Waals surface area (Å²) in [6.07, 6.45) is 1.41. The van der Waals surface area contributed by atoms with E-state index in [-0.39, 0.29) is 19.4 Å². The van der Waals surface area contributed by atoms with Gasteiger partial charge in [-0.3, -0.25) is 19.2 Å². The maximum atomic E-state index is 12.2. The van der Waals surface area contributed by atoms with E-state index >= 15 is 0 Å². The normalized spacial score (nSPS) is 19.1. The highest BCUT2D eigenvalue weighted by atomic mass is 16.7. The number of nitrogens with one attached hydrogen (secondary N) is 1. The molecule has 2 rings (SSSR count). The molecule has 23 heavy (non-hydrogen) atoms. The fourth-order valence-corrected chi connectivity index (χ4v) is 2.44. The molecular formula is C14H18N2O7. The van der Waals surface area contributed by atoms with Crippen LogP contribution in [-0.2, 0) is 33.5 Å². The third-order valence-electron chi connectivity index (χ3n) is 3.90. The molecule has 2 aliphatic rings. The second-order valence-electron chi connectivity index (χ2n) is 5.38. The number of ether oxygens (including phenoxy) is 1. The number of carbonyl (C=O) groups excluding carboxylic acids is 5. The first-order valence-electron chi connectivity index (χ1n) is 7.43. The Labute approximate surface area is 132 Å². The SMILES string of the molecule is CCOC(=O)C1(C(=O)NCC(=O)ON2C(=O)CCC2=O)CCC1. The number of nitrogens with zero attached hydrogens (tertiary/aromatic N) is 1. The molecule has 1 aliphatic carbocycles. The van der Waals surface area contributed by atoms with Crippen molar-refractivity contribution in [3.05, 3.63) is 0 Å². The summed E-state index contributed by atoms with van der Waals surface area (Å²) < 4.78 is 4.90. The third-order valence-corrected chi connectivity index (χ3v) is 3.90. The monoisotopic (exact) mass is 326 g/mol. The maximum absolute atomic E-state index is 12.2. The zero-order chi connectivity index (χ0) is 17.0. The molecular weight excluding hydrogens is 308 g/mol. The van der Waals surface area contributed by atoms with Gasteiger partial charge in [-0.2, -0.15) is 0 Å². The maximum Gasteiger partial charge on any atom is 0.352 e. The van der Waals surface area contributed by atoms with Crippen LogP contribution in [0.25, 0.3) is 0 Å². The fraction of sp³-hybridized carbons (Fsp3) is 0.643. The van der Waals surface area contributed by atoms with Crippen LogP contribution in [-0.4, -0.2) is 47.9 Å². The molecule has 0 aromatic heterocycles. The molecule has 9 nitrogen and oxygen atoms in total. The van der Waals surface area contributed by atoms with Crippen molar-refractivity contribution in [1.29, 1.82) is 0 Å². The number of hydrogen-bond acceptors (Lipinski definition) is 7. The van der Waals surface area contributed by atoms with E-state index in [4.69, 9.17) is 4.74 Å². The standard InChI is InChI=1S/C14H18N2O7/c1-2-22-13(21)14(6-3-7-14)12(20)15-8-11(19)23-16-9(17)4-5-10(16)18/h2-8H2,1H3,(H,15,20). The largest absolute Gasteiger partial charge is 0.465 e. The molecule has 0 aromatic rings. The Morgan fingerprint density at radius 1 is 1.17 bits per heavy atom. The number of amides is 3.